The number of nitrogens with zero attached hydrogens (tertiary/aromatic N) is 2. The first-order valence-corrected chi connectivity index (χ1v) is 6.90. The molecule has 0 bridgehead atoms. The molecule has 0 amide bonds. The van der Waals surface area contributed by atoms with E-state index in [1.165, 1.54) is 5.56 Å². The molecule has 0 aliphatic carbocycles. The van der Waals surface area contributed by atoms with Crippen LogP contribution in [0.2, 0.25) is 5.02 Å². The Morgan fingerprint density at radius 2 is 1.80 bits per heavy atom. The maximum Gasteiger partial charge on any atom is 0.113 e. The normalized spacial score (nSPS) is 10.7. The number of hydrogen-bond donors (Lipinski definition) is 1. The molecule has 3 rings (SSSR count). The van der Waals surface area contributed by atoms with Gasteiger partial charge in [-0.2, -0.15) is 15.4 Å². The van der Waals surface area contributed by atoms with Gasteiger partial charge in [-0.05, 0) is 30.0 Å². The number of aromatic nitrogens is 3. The molecule has 3 aromatic rings. The molecule has 2 aromatic carbocycles. The topological polar surface area (TPSA) is 41.6 Å². The number of aryl methyl sites for hydroxylation is 1. The van der Waals surface area contributed by atoms with Crippen molar-refractivity contribution in [1.82, 2.24) is 15.4 Å². The third kappa shape index (κ3) is 2.73. The SMILES string of the molecule is Clc1cccc(-c2cn[nH]n2)c1CCc1ccccc1. The molecule has 1 aromatic heterocycles. The Kier molecular flexibility index (Phi) is 3.79. The fraction of sp³-hybridized carbons (Fsp3) is 0.125. The zero-order valence-corrected chi connectivity index (χ0v) is 11.6. The molecule has 0 saturated carbocycles. The Hall–Kier alpha value is -2.13. The molecule has 4 heteroatoms. The number of H-pyrrole nitrogens is 1. The van der Waals surface area contributed by atoms with Crippen LogP contribution in [0.5, 0.6) is 0 Å². The van der Waals surface area contributed by atoms with E-state index in [1.807, 2.05) is 24.3 Å². The Bertz CT molecular complexity index is 678. The first kappa shape index (κ1) is 12.9. The number of hydrogen-bond acceptors (Lipinski definition) is 2. The number of aromatic amines is 1. The van der Waals surface area contributed by atoms with E-state index in [0.717, 1.165) is 34.7 Å². The van der Waals surface area contributed by atoms with Crippen LogP contribution >= 0.6 is 11.6 Å². The van der Waals surface area contributed by atoms with Crippen LogP contribution in [0.3, 0.4) is 0 Å². The summed E-state index contributed by atoms with van der Waals surface area (Å²) in [5.41, 5.74) is 4.29. The molecule has 0 atom stereocenters. The van der Waals surface area contributed by atoms with Crippen molar-refractivity contribution in [3.63, 3.8) is 0 Å². The fourth-order valence-electron chi connectivity index (χ4n) is 2.30. The van der Waals surface area contributed by atoms with Gasteiger partial charge in [0.1, 0.15) is 5.69 Å². The highest BCUT2D eigenvalue weighted by Crippen LogP contribution is 2.28. The highest BCUT2D eigenvalue weighted by atomic mass is 35.5. The van der Waals surface area contributed by atoms with Crippen LogP contribution in [0.15, 0.2) is 54.7 Å². The second-order valence-electron chi connectivity index (χ2n) is 4.61. The van der Waals surface area contributed by atoms with E-state index in [9.17, 15) is 0 Å². The zero-order chi connectivity index (χ0) is 13.8. The average molecular weight is 284 g/mol. The van der Waals surface area contributed by atoms with E-state index in [1.54, 1.807) is 6.20 Å². The average Bonchev–Trinajstić information content (AvgIpc) is 3.01. The van der Waals surface area contributed by atoms with Gasteiger partial charge in [-0.25, -0.2) is 0 Å². The van der Waals surface area contributed by atoms with Gasteiger partial charge in [0, 0.05) is 10.6 Å². The Labute approximate surface area is 122 Å². The highest BCUT2D eigenvalue weighted by molar-refractivity contribution is 6.31. The van der Waals surface area contributed by atoms with E-state index in [-0.39, 0.29) is 0 Å². The summed E-state index contributed by atoms with van der Waals surface area (Å²) in [6.45, 7) is 0. The van der Waals surface area contributed by atoms with Gasteiger partial charge >= 0.3 is 0 Å². The minimum atomic E-state index is 0.779. The van der Waals surface area contributed by atoms with Gasteiger partial charge in [-0.15, -0.1) is 0 Å². The van der Waals surface area contributed by atoms with Crippen LogP contribution in [0.4, 0.5) is 0 Å². The molecule has 0 fully saturated rings. The predicted molar refractivity (Wildman–Crippen MR) is 80.7 cm³/mol. The van der Waals surface area contributed by atoms with Crippen molar-refractivity contribution in [3.05, 3.63) is 70.9 Å². The van der Waals surface area contributed by atoms with Gasteiger partial charge in [-0.1, -0.05) is 54.1 Å². The number of halogens is 1. The molecule has 3 nitrogen and oxygen atoms in total. The van der Waals surface area contributed by atoms with Crippen LogP contribution in [0, 0.1) is 0 Å². The second-order valence-corrected chi connectivity index (χ2v) is 5.01. The first-order valence-electron chi connectivity index (χ1n) is 6.52. The molecule has 1 heterocycles. The quantitative estimate of drug-likeness (QED) is 0.789. The van der Waals surface area contributed by atoms with Crippen molar-refractivity contribution in [1.29, 1.82) is 0 Å². The second kappa shape index (κ2) is 5.88. The van der Waals surface area contributed by atoms with Crippen LogP contribution in [0.25, 0.3) is 11.3 Å². The maximum atomic E-state index is 6.35. The van der Waals surface area contributed by atoms with E-state index in [4.69, 9.17) is 11.6 Å². The summed E-state index contributed by atoms with van der Waals surface area (Å²) >= 11 is 6.35. The van der Waals surface area contributed by atoms with Crippen molar-refractivity contribution in [2.24, 2.45) is 0 Å². The van der Waals surface area contributed by atoms with E-state index < -0.39 is 0 Å². The lowest BCUT2D eigenvalue weighted by Gasteiger charge is -2.09. The van der Waals surface area contributed by atoms with Crippen LogP contribution in [0.1, 0.15) is 11.1 Å². The summed E-state index contributed by atoms with van der Waals surface area (Å²) in [4.78, 5) is 0. The van der Waals surface area contributed by atoms with Crippen molar-refractivity contribution < 1.29 is 0 Å². The lowest BCUT2D eigenvalue weighted by atomic mass is 9.98. The van der Waals surface area contributed by atoms with E-state index >= 15 is 0 Å². The zero-order valence-electron chi connectivity index (χ0n) is 10.9. The minimum absolute atomic E-state index is 0.779. The van der Waals surface area contributed by atoms with E-state index in [0.29, 0.717) is 0 Å². The summed E-state index contributed by atoms with van der Waals surface area (Å²) in [5.74, 6) is 0. The van der Waals surface area contributed by atoms with Gasteiger partial charge in [0.2, 0.25) is 0 Å². The van der Waals surface area contributed by atoms with Gasteiger partial charge in [0.05, 0.1) is 6.20 Å². The summed E-state index contributed by atoms with van der Waals surface area (Å²) in [6, 6.07) is 16.3. The summed E-state index contributed by atoms with van der Waals surface area (Å²) < 4.78 is 0. The summed E-state index contributed by atoms with van der Waals surface area (Å²) in [7, 11) is 0. The van der Waals surface area contributed by atoms with Crippen molar-refractivity contribution >= 4 is 11.6 Å². The fourth-order valence-corrected chi connectivity index (χ4v) is 2.57. The third-order valence-corrected chi connectivity index (χ3v) is 3.67. The smallest absolute Gasteiger partial charge is 0.113 e. The molecule has 1 N–H and O–H groups in total. The predicted octanol–water partition coefficient (Wildman–Crippen LogP) is 3.91. The summed E-state index contributed by atoms with van der Waals surface area (Å²) in [6.07, 6.45) is 3.55. The lowest BCUT2D eigenvalue weighted by molar-refractivity contribution is 0.937. The molecule has 0 spiro atoms. The number of benzene rings is 2. The Morgan fingerprint density at radius 3 is 2.55 bits per heavy atom. The Balaban J connectivity index is 1.89. The van der Waals surface area contributed by atoms with Gasteiger partial charge in [0.25, 0.3) is 0 Å². The largest absolute Gasteiger partial charge is 0.197 e. The Morgan fingerprint density at radius 1 is 0.950 bits per heavy atom. The van der Waals surface area contributed by atoms with Gasteiger partial charge in [0.15, 0.2) is 0 Å². The van der Waals surface area contributed by atoms with Crippen LogP contribution in [-0.4, -0.2) is 15.4 Å². The first-order chi connectivity index (χ1) is 9.84. The third-order valence-electron chi connectivity index (χ3n) is 3.32. The molecule has 0 aliphatic heterocycles. The number of rotatable bonds is 4. The lowest BCUT2D eigenvalue weighted by Crippen LogP contribution is -1.96. The summed E-state index contributed by atoms with van der Waals surface area (Å²) in [5, 5.41) is 11.4. The van der Waals surface area contributed by atoms with Crippen LogP contribution < -0.4 is 0 Å². The van der Waals surface area contributed by atoms with Crippen LogP contribution in [-0.2, 0) is 12.8 Å². The molecule has 0 unspecified atom stereocenters. The van der Waals surface area contributed by atoms with E-state index in [2.05, 4.69) is 39.7 Å². The maximum absolute atomic E-state index is 6.35. The van der Waals surface area contributed by atoms with Crippen molar-refractivity contribution in [2.75, 3.05) is 0 Å². The van der Waals surface area contributed by atoms with Crippen molar-refractivity contribution in [2.45, 2.75) is 12.8 Å². The van der Waals surface area contributed by atoms with Gasteiger partial charge in [-0.3, -0.25) is 0 Å². The minimum Gasteiger partial charge on any atom is -0.197 e. The molecule has 0 saturated heterocycles. The molecule has 20 heavy (non-hydrogen) atoms. The standard InChI is InChI=1S/C16H14ClN3/c17-15-8-4-7-14(16-11-18-20-19-16)13(15)10-9-12-5-2-1-3-6-12/h1-8,11H,9-10H2,(H,18,19,20). The molecular formula is C16H14ClN3. The van der Waals surface area contributed by atoms with Crippen molar-refractivity contribution in [3.8, 4) is 11.3 Å². The number of nitrogens with one attached hydrogen (secondary N) is 1. The van der Waals surface area contributed by atoms with Gasteiger partial charge < -0.3 is 0 Å². The monoisotopic (exact) mass is 283 g/mol. The molecular weight excluding hydrogens is 270 g/mol. The molecule has 0 radical (unpaired) electrons. The highest BCUT2D eigenvalue weighted by Gasteiger charge is 2.11. The molecule has 100 valence electrons. The molecule has 0 aliphatic rings.